The van der Waals surface area contributed by atoms with Crippen molar-refractivity contribution in [3.05, 3.63) is 17.7 Å². The number of carbonyl (C=O) groups excluding carboxylic acids is 1. The molecule has 0 spiro atoms. The normalized spacial score (nSPS) is 23.3. The van der Waals surface area contributed by atoms with Crippen molar-refractivity contribution >= 4 is 5.91 Å². The van der Waals surface area contributed by atoms with Gasteiger partial charge in [-0.15, -0.1) is 0 Å². The topological polar surface area (TPSA) is 52.2 Å². The number of H-pyrrole nitrogens is 1. The molecule has 0 aromatic carbocycles. The number of piperazine rings is 1. The molecule has 2 heterocycles. The van der Waals surface area contributed by atoms with Crippen LogP contribution in [0.3, 0.4) is 0 Å². The predicted molar refractivity (Wildman–Crippen MR) is 95.6 cm³/mol. The number of amides is 1. The van der Waals surface area contributed by atoms with E-state index >= 15 is 0 Å². The number of nitrogens with zero attached hydrogens (tertiary/aromatic N) is 3. The Hall–Kier alpha value is -1.36. The number of aromatic amines is 1. The Kier molecular flexibility index (Phi) is 5.93. The summed E-state index contributed by atoms with van der Waals surface area (Å²) in [4.78, 5) is 24.8. The summed E-state index contributed by atoms with van der Waals surface area (Å²) in [7, 11) is 1.93. The van der Waals surface area contributed by atoms with Crippen LogP contribution >= 0.6 is 0 Å². The summed E-state index contributed by atoms with van der Waals surface area (Å²) in [6, 6.07) is 0.0327. The van der Waals surface area contributed by atoms with Gasteiger partial charge in [0.25, 0.3) is 0 Å². The van der Waals surface area contributed by atoms with Crippen LogP contribution in [0, 0.1) is 5.92 Å². The number of rotatable bonds is 7. The van der Waals surface area contributed by atoms with Crippen molar-refractivity contribution in [2.24, 2.45) is 5.92 Å². The van der Waals surface area contributed by atoms with Crippen LogP contribution in [-0.4, -0.2) is 51.9 Å². The number of unbranched alkanes of at least 4 members (excludes halogenated alkanes) is 1. The van der Waals surface area contributed by atoms with Crippen LogP contribution in [0.2, 0.25) is 0 Å². The first-order chi connectivity index (χ1) is 11.7. The summed E-state index contributed by atoms with van der Waals surface area (Å²) in [5.41, 5.74) is 1.15. The Morgan fingerprint density at radius 1 is 1.29 bits per heavy atom. The lowest BCUT2D eigenvalue weighted by molar-refractivity contribution is -0.140. The molecule has 1 aromatic heterocycles. The Bertz CT molecular complexity index is 535. The molecular weight excluding hydrogens is 300 g/mol. The molecule has 5 nitrogen and oxygen atoms in total. The summed E-state index contributed by atoms with van der Waals surface area (Å²) >= 11 is 0. The monoisotopic (exact) mass is 332 g/mol. The third-order valence-electron chi connectivity index (χ3n) is 5.67. The van der Waals surface area contributed by atoms with E-state index in [1.807, 2.05) is 18.1 Å². The predicted octanol–water partition coefficient (Wildman–Crippen LogP) is 2.98. The van der Waals surface area contributed by atoms with Crippen LogP contribution in [0.25, 0.3) is 0 Å². The maximum absolute atomic E-state index is 12.5. The number of carbonyl (C=O) groups is 1. The van der Waals surface area contributed by atoms with Crippen molar-refractivity contribution in [2.45, 2.75) is 70.9 Å². The molecule has 0 bridgehead atoms. The fraction of sp³-hybridized carbons (Fsp3) is 0.789. The van der Waals surface area contributed by atoms with Gasteiger partial charge in [-0.3, -0.25) is 9.69 Å². The van der Waals surface area contributed by atoms with E-state index in [2.05, 4.69) is 21.8 Å². The first-order valence-corrected chi connectivity index (χ1v) is 9.69. The zero-order valence-electron chi connectivity index (χ0n) is 15.3. The molecule has 2 aliphatic rings. The Morgan fingerprint density at radius 2 is 2.08 bits per heavy atom. The molecule has 1 aliphatic carbocycles. The van der Waals surface area contributed by atoms with Crippen LogP contribution in [-0.2, 0) is 17.8 Å². The molecule has 2 fully saturated rings. The second-order valence-electron chi connectivity index (χ2n) is 7.60. The van der Waals surface area contributed by atoms with E-state index in [0.29, 0.717) is 0 Å². The zero-order chi connectivity index (χ0) is 16.9. The van der Waals surface area contributed by atoms with Crippen molar-refractivity contribution in [3.63, 3.8) is 0 Å². The average molecular weight is 332 g/mol. The van der Waals surface area contributed by atoms with Gasteiger partial charge in [-0.1, -0.05) is 45.4 Å². The van der Waals surface area contributed by atoms with E-state index < -0.39 is 0 Å². The van der Waals surface area contributed by atoms with Gasteiger partial charge in [-0.05, 0) is 12.3 Å². The molecule has 0 radical (unpaired) electrons. The SMILES string of the molecule is CCCCC1C(=O)N(C)CCN1Cc1cnc(CC2CCCC2)[nH]1. The third kappa shape index (κ3) is 4.18. The molecular formula is C19H32N4O. The van der Waals surface area contributed by atoms with E-state index in [1.165, 1.54) is 25.7 Å². The second-order valence-corrected chi connectivity index (χ2v) is 7.60. The van der Waals surface area contributed by atoms with Gasteiger partial charge in [-0.25, -0.2) is 4.98 Å². The third-order valence-corrected chi connectivity index (χ3v) is 5.67. The summed E-state index contributed by atoms with van der Waals surface area (Å²) < 4.78 is 0. The van der Waals surface area contributed by atoms with Gasteiger partial charge in [0, 0.05) is 45.0 Å². The largest absolute Gasteiger partial charge is 0.345 e. The minimum atomic E-state index is 0.0327. The van der Waals surface area contributed by atoms with Gasteiger partial charge < -0.3 is 9.88 Å². The minimum Gasteiger partial charge on any atom is -0.345 e. The quantitative estimate of drug-likeness (QED) is 0.835. The van der Waals surface area contributed by atoms with Crippen LogP contribution in [0.5, 0.6) is 0 Å². The molecule has 5 heteroatoms. The number of hydrogen-bond acceptors (Lipinski definition) is 3. The average Bonchev–Trinajstić information content (AvgIpc) is 3.23. The summed E-state index contributed by atoms with van der Waals surface area (Å²) in [6.45, 7) is 4.77. The summed E-state index contributed by atoms with van der Waals surface area (Å²) in [5.74, 6) is 2.22. The molecule has 3 rings (SSSR count). The van der Waals surface area contributed by atoms with E-state index in [9.17, 15) is 4.79 Å². The fourth-order valence-corrected chi connectivity index (χ4v) is 4.14. The Balaban J connectivity index is 1.60. The molecule has 1 saturated carbocycles. The highest BCUT2D eigenvalue weighted by Crippen LogP contribution is 2.27. The van der Waals surface area contributed by atoms with Crippen molar-refractivity contribution in [3.8, 4) is 0 Å². The molecule has 1 aromatic rings. The number of hydrogen-bond donors (Lipinski definition) is 1. The van der Waals surface area contributed by atoms with E-state index in [4.69, 9.17) is 0 Å². The highest BCUT2D eigenvalue weighted by molar-refractivity contribution is 5.82. The number of likely N-dealkylation sites (N-methyl/N-ethyl adjacent to an activating group) is 1. The maximum atomic E-state index is 12.5. The van der Waals surface area contributed by atoms with Crippen LogP contribution in [0.1, 0.15) is 63.4 Å². The lowest BCUT2D eigenvalue weighted by Gasteiger charge is -2.39. The van der Waals surface area contributed by atoms with Gasteiger partial charge in [0.1, 0.15) is 5.82 Å². The standard InChI is InChI=1S/C19H32N4O/c1-3-4-9-17-19(24)22(2)10-11-23(17)14-16-13-20-18(21-16)12-15-7-5-6-8-15/h13,15,17H,3-12,14H2,1-2H3,(H,20,21). The van der Waals surface area contributed by atoms with Gasteiger partial charge in [0.15, 0.2) is 0 Å². The molecule has 134 valence electrons. The van der Waals surface area contributed by atoms with Crippen molar-refractivity contribution < 1.29 is 4.79 Å². The van der Waals surface area contributed by atoms with Crippen molar-refractivity contribution in [2.75, 3.05) is 20.1 Å². The number of nitrogens with one attached hydrogen (secondary N) is 1. The molecule has 1 amide bonds. The molecule has 1 unspecified atom stereocenters. The van der Waals surface area contributed by atoms with Gasteiger partial charge in [-0.2, -0.15) is 0 Å². The molecule has 1 N–H and O–H groups in total. The first-order valence-electron chi connectivity index (χ1n) is 9.69. The van der Waals surface area contributed by atoms with E-state index in [0.717, 1.165) is 62.8 Å². The molecule has 1 atom stereocenters. The Morgan fingerprint density at radius 3 is 2.83 bits per heavy atom. The van der Waals surface area contributed by atoms with Crippen molar-refractivity contribution in [1.82, 2.24) is 19.8 Å². The zero-order valence-corrected chi connectivity index (χ0v) is 15.3. The van der Waals surface area contributed by atoms with Gasteiger partial charge in [0.05, 0.1) is 6.04 Å². The molecule has 1 aliphatic heterocycles. The molecule has 1 saturated heterocycles. The summed E-state index contributed by atoms with van der Waals surface area (Å²) in [5, 5.41) is 0. The second kappa shape index (κ2) is 8.15. The van der Waals surface area contributed by atoms with Gasteiger partial charge in [0.2, 0.25) is 5.91 Å². The van der Waals surface area contributed by atoms with Crippen molar-refractivity contribution in [1.29, 1.82) is 0 Å². The lowest BCUT2D eigenvalue weighted by Crippen LogP contribution is -2.55. The first kappa shape index (κ1) is 17.5. The smallest absolute Gasteiger partial charge is 0.239 e. The number of aromatic nitrogens is 2. The maximum Gasteiger partial charge on any atom is 0.239 e. The highest BCUT2D eigenvalue weighted by Gasteiger charge is 2.32. The lowest BCUT2D eigenvalue weighted by atomic mass is 10.0. The van der Waals surface area contributed by atoms with Crippen LogP contribution in [0.4, 0.5) is 0 Å². The van der Waals surface area contributed by atoms with E-state index in [1.54, 1.807) is 0 Å². The molecule has 24 heavy (non-hydrogen) atoms. The van der Waals surface area contributed by atoms with Crippen LogP contribution < -0.4 is 0 Å². The Labute approximate surface area is 145 Å². The minimum absolute atomic E-state index is 0.0327. The number of imidazole rings is 1. The fourth-order valence-electron chi connectivity index (χ4n) is 4.14. The highest BCUT2D eigenvalue weighted by atomic mass is 16.2. The van der Waals surface area contributed by atoms with E-state index in [-0.39, 0.29) is 11.9 Å². The van der Waals surface area contributed by atoms with Gasteiger partial charge >= 0.3 is 0 Å². The van der Waals surface area contributed by atoms with Crippen LogP contribution in [0.15, 0.2) is 6.20 Å². The summed E-state index contributed by atoms with van der Waals surface area (Å²) in [6.07, 6.45) is 11.7.